The molecule has 2 amide bonds. The Morgan fingerprint density at radius 1 is 1.23 bits per heavy atom. The van der Waals surface area contributed by atoms with E-state index in [1.54, 1.807) is 4.72 Å². The molecule has 0 aromatic carbocycles. The van der Waals surface area contributed by atoms with Crippen LogP contribution in [0.2, 0.25) is 0 Å². The molecule has 0 bridgehead atoms. The number of methoxy groups -OCH3 is 2. The van der Waals surface area contributed by atoms with Gasteiger partial charge in [-0.1, -0.05) is 0 Å². The van der Waals surface area contributed by atoms with E-state index in [0.717, 1.165) is 11.3 Å². The van der Waals surface area contributed by atoms with E-state index in [2.05, 4.69) is 20.3 Å². The van der Waals surface area contributed by atoms with Gasteiger partial charge in [0.1, 0.15) is 0 Å². The van der Waals surface area contributed by atoms with Gasteiger partial charge in [0.2, 0.25) is 17.7 Å². The van der Waals surface area contributed by atoms with E-state index in [9.17, 15) is 13.2 Å². The molecule has 118 valence electrons. The Balaban J connectivity index is 2.12. The topological polar surface area (TPSA) is 132 Å². The van der Waals surface area contributed by atoms with Gasteiger partial charge in [0.05, 0.1) is 25.8 Å². The lowest BCUT2D eigenvalue weighted by Crippen LogP contribution is -2.35. The van der Waals surface area contributed by atoms with Crippen molar-refractivity contribution < 1.29 is 22.7 Å². The molecule has 2 aromatic rings. The van der Waals surface area contributed by atoms with Crippen molar-refractivity contribution >= 4 is 33.3 Å². The number of nitrogens with zero attached hydrogens (tertiary/aromatic N) is 3. The number of sulfonamides is 1. The van der Waals surface area contributed by atoms with Gasteiger partial charge >= 0.3 is 6.03 Å². The van der Waals surface area contributed by atoms with Crippen LogP contribution in [0, 0.1) is 0 Å². The summed E-state index contributed by atoms with van der Waals surface area (Å²) >= 11 is 1.09. The Labute approximate surface area is 129 Å². The molecular formula is C10H11N5O5S2. The average molecular weight is 345 g/mol. The van der Waals surface area contributed by atoms with Gasteiger partial charge in [-0.25, -0.2) is 14.5 Å². The van der Waals surface area contributed by atoms with Crippen LogP contribution in [0.1, 0.15) is 0 Å². The van der Waals surface area contributed by atoms with E-state index in [-0.39, 0.29) is 22.7 Å². The monoisotopic (exact) mass is 345 g/mol. The van der Waals surface area contributed by atoms with Gasteiger partial charge < -0.3 is 9.47 Å². The molecule has 10 nitrogen and oxygen atoms in total. The van der Waals surface area contributed by atoms with Crippen molar-refractivity contribution in [2.24, 2.45) is 0 Å². The number of rotatable bonds is 5. The van der Waals surface area contributed by atoms with Crippen LogP contribution in [-0.2, 0) is 10.0 Å². The lowest BCUT2D eigenvalue weighted by Gasteiger charge is -2.08. The molecule has 0 aliphatic heterocycles. The highest BCUT2D eigenvalue weighted by Gasteiger charge is 2.20. The first kappa shape index (κ1) is 15.9. The Bertz CT molecular complexity index is 740. The van der Waals surface area contributed by atoms with Gasteiger partial charge in [0, 0.05) is 5.38 Å². The maximum atomic E-state index is 11.8. The Hall–Kier alpha value is -2.47. The summed E-state index contributed by atoms with van der Waals surface area (Å²) in [6, 6.07) is 0.359. The Morgan fingerprint density at radius 3 is 2.36 bits per heavy atom. The van der Waals surface area contributed by atoms with Crippen molar-refractivity contribution in [3.8, 4) is 11.8 Å². The maximum Gasteiger partial charge on any atom is 0.335 e. The number of nitrogens with one attached hydrogen (secondary N) is 2. The normalized spacial score (nSPS) is 10.8. The summed E-state index contributed by atoms with van der Waals surface area (Å²) in [7, 11) is -1.30. The number of urea groups is 1. The van der Waals surface area contributed by atoms with E-state index in [1.807, 2.05) is 0 Å². The number of hydrogen-bond acceptors (Lipinski definition) is 9. The quantitative estimate of drug-likeness (QED) is 0.798. The van der Waals surface area contributed by atoms with Crippen molar-refractivity contribution in [1.29, 1.82) is 0 Å². The number of hydrogen-bond donors (Lipinski definition) is 2. The van der Waals surface area contributed by atoms with Crippen molar-refractivity contribution in [3.05, 3.63) is 17.0 Å². The molecular weight excluding hydrogens is 334 g/mol. The first-order valence-electron chi connectivity index (χ1n) is 5.63. The van der Waals surface area contributed by atoms with Crippen molar-refractivity contribution in [1.82, 2.24) is 19.7 Å². The van der Waals surface area contributed by atoms with Gasteiger partial charge in [-0.2, -0.15) is 18.4 Å². The lowest BCUT2D eigenvalue weighted by atomic mass is 10.6. The molecule has 0 saturated carbocycles. The average Bonchev–Trinajstić information content (AvgIpc) is 3.01. The molecule has 0 saturated heterocycles. The van der Waals surface area contributed by atoms with Crippen LogP contribution in [0.4, 0.5) is 10.7 Å². The first-order chi connectivity index (χ1) is 10.4. The number of carbonyl (C=O) groups is 1. The first-order valence-corrected chi connectivity index (χ1v) is 8.06. The summed E-state index contributed by atoms with van der Waals surface area (Å²) in [6.07, 6.45) is 0. The van der Waals surface area contributed by atoms with Crippen LogP contribution in [0.3, 0.4) is 0 Å². The summed E-state index contributed by atoms with van der Waals surface area (Å²) < 4.78 is 35.2. The Kier molecular flexibility index (Phi) is 4.72. The van der Waals surface area contributed by atoms with Crippen LogP contribution in [0.15, 0.2) is 22.0 Å². The fourth-order valence-corrected chi connectivity index (χ4v) is 3.05. The largest absolute Gasteiger partial charge is 0.481 e. The number of amides is 2. The van der Waals surface area contributed by atoms with Crippen molar-refractivity contribution in [2.45, 2.75) is 5.03 Å². The molecule has 0 spiro atoms. The molecule has 12 heteroatoms. The van der Waals surface area contributed by atoms with E-state index < -0.39 is 16.1 Å². The van der Waals surface area contributed by atoms with Gasteiger partial charge in [0.25, 0.3) is 10.0 Å². The third-order valence-electron chi connectivity index (χ3n) is 2.23. The maximum absolute atomic E-state index is 11.8. The summed E-state index contributed by atoms with van der Waals surface area (Å²) in [4.78, 5) is 23.0. The van der Waals surface area contributed by atoms with Crippen LogP contribution in [0.25, 0.3) is 0 Å². The molecule has 22 heavy (non-hydrogen) atoms. The SMILES string of the molecule is COc1cc(OC)nc(NC(=O)NS(=O)(=O)c2cscn2)n1. The zero-order valence-corrected chi connectivity index (χ0v) is 13.1. The van der Waals surface area contributed by atoms with E-state index in [0.29, 0.717) is 0 Å². The van der Waals surface area contributed by atoms with E-state index >= 15 is 0 Å². The van der Waals surface area contributed by atoms with Crippen LogP contribution in [0.5, 0.6) is 11.8 Å². The minimum absolute atomic E-state index is 0.143. The number of anilines is 1. The number of ether oxygens (including phenoxy) is 2. The Morgan fingerprint density at radius 2 is 1.86 bits per heavy atom. The molecule has 2 heterocycles. The third-order valence-corrected chi connectivity index (χ3v) is 4.20. The van der Waals surface area contributed by atoms with E-state index in [4.69, 9.17) is 9.47 Å². The number of thiazole rings is 1. The zero-order valence-electron chi connectivity index (χ0n) is 11.4. The van der Waals surface area contributed by atoms with Crippen molar-refractivity contribution in [2.75, 3.05) is 19.5 Å². The zero-order chi connectivity index (χ0) is 16.2. The fourth-order valence-electron chi connectivity index (χ4n) is 1.30. The van der Waals surface area contributed by atoms with Gasteiger partial charge in [-0.05, 0) is 0 Å². The van der Waals surface area contributed by atoms with Gasteiger partial charge in [-0.3, -0.25) is 5.32 Å². The van der Waals surface area contributed by atoms with Gasteiger partial charge in [-0.15, -0.1) is 11.3 Å². The smallest absolute Gasteiger partial charge is 0.335 e. The highest BCUT2D eigenvalue weighted by atomic mass is 32.2. The molecule has 2 rings (SSSR count). The van der Waals surface area contributed by atoms with Crippen LogP contribution in [-0.4, -0.2) is 43.6 Å². The second-order valence-electron chi connectivity index (χ2n) is 3.66. The highest BCUT2D eigenvalue weighted by molar-refractivity contribution is 7.90. The second kappa shape index (κ2) is 6.53. The molecule has 0 unspecified atom stereocenters. The molecule has 0 radical (unpaired) electrons. The summed E-state index contributed by atoms with van der Waals surface area (Å²) in [5.41, 5.74) is 1.34. The molecule has 2 aromatic heterocycles. The van der Waals surface area contributed by atoms with Gasteiger partial charge in [0.15, 0.2) is 5.03 Å². The van der Waals surface area contributed by atoms with Crippen LogP contribution < -0.4 is 19.5 Å². The summed E-state index contributed by atoms with van der Waals surface area (Å²) in [5, 5.41) is 3.21. The predicted molar refractivity (Wildman–Crippen MR) is 76.6 cm³/mol. The summed E-state index contributed by atoms with van der Waals surface area (Å²) in [6.45, 7) is 0. The number of carbonyl (C=O) groups excluding carboxylic acids is 1. The standard InChI is InChI=1S/C10H11N5O5S2/c1-19-6-3-7(20-2)13-9(12-6)14-10(16)15-22(17,18)8-4-21-5-11-8/h3-5H,1-2H3,(H2,12,13,14,15,16). The van der Waals surface area contributed by atoms with Crippen LogP contribution >= 0.6 is 11.3 Å². The highest BCUT2D eigenvalue weighted by Crippen LogP contribution is 2.17. The molecule has 0 aliphatic rings. The third kappa shape index (κ3) is 3.79. The fraction of sp³-hybridized carbons (Fsp3) is 0.200. The lowest BCUT2D eigenvalue weighted by molar-refractivity contribution is 0.256. The van der Waals surface area contributed by atoms with Crippen molar-refractivity contribution in [3.63, 3.8) is 0 Å². The molecule has 0 aliphatic carbocycles. The summed E-state index contributed by atoms with van der Waals surface area (Å²) in [5.74, 6) is 0.108. The minimum Gasteiger partial charge on any atom is -0.481 e. The predicted octanol–water partition coefficient (Wildman–Crippen LogP) is 0.461. The van der Waals surface area contributed by atoms with E-state index in [1.165, 1.54) is 31.2 Å². The minimum atomic E-state index is -4.05. The number of aromatic nitrogens is 3. The molecule has 2 N–H and O–H groups in total. The second-order valence-corrected chi connectivity index (χ2v) is 6.01. The molecule has 0 atom stereocenters. The molecule has 0 fully saturated rings.